The molecule has 0 bridgehead atoms. The molecule has 152 valence electrons. The van der Waals surface area contributed by atoms with E-state index in [4.69, 9.17) is 4.74 Å². The fourth-order valence-electron chi connectivity index (χ4n) is 4.74. The monoisotopic (exact) mass is 396 g/mol. The lowest BCUT2D eigenvalue weighted by molar-refractivity contribution is -0.0757. The van der Waals surface area contributed by atoms with E-state index in [0.717, 1.165) is 25.7 Å². The number of ether oxygens (including phenoxy) is 1. The van der Waals surface area contributed by atoms with E-state index in [1.54, 1.807) is 0 Å². The van der Waals surface area contributed by atoms with Crippen LogP contribution >= 0.6 is 0 Å². The molecular formula is C25H36O2Si. The van der Waals surface area contributed by atoms with Gasteiger partial charge in [-0.15, -0.1) is 0 Å². The predicted molar refractivity (Wildman–Crippen MR) is 121 cm³/mol. The highest BCUT2D eigenvalue weighted by Crippen LogP contribution is 2.34. The molecule has 0 aliphatic carbocycles. The minimum absolute atomic E-state index is 0.531. The van der Waals surface area contributed by atoms with Gasteiger partial charge in [0.15, 0.2) is 0 Å². The largest absolute Gasteiger partial charge is 0.390 e. The number of aryl methyl sites for hydroxylation is 1. The summed E-state index contributed by atoms with van der Waals surface area (Å²) in [4.78, 5) is 0. The zero-order chi connectivity index (χ0) is 19.9. The molecule has 28 heavy (non-hydrogen) atoms. The SMILES string of the molecule is C[Si](C)(CC(CCCc1ccccc1)CC1(O)CCOCC1)c1ccccc1. The van der Waals surface area contributed by atoms with Crippen molar-refractivity contribution in [3.05, 3.63) is 66.2 Å². The van der Waals surface area contributed by atoms with Crippen LogP contribution in [0.4, 0.5) is 0 Å². The van der Waals surface area contributed by atoms with Crippen molar-refractivity contribution < 1.29 is 9.84 Å². The van der Waals surface area contributed by atoms with Gasteiger partial charge in [-0.05, 0) is 43.6 Å². The number of hydrogen-bond donors (Lipinski definition) is 1. The van der Waals surface area contributed by atoms with E-state index in [1.807, 2.05) is 0 Å². The minimum Gasteiger partial charge on any atom is -0.390 e. The molecule has 2 aromatic rings. The molecule has 1 aliphatic rings. The van der Waals surface area contributed by atoms with Gasteiger partial charge in [-0.1, -0.05) is 91.4 Å². The maximum Gasteiger partial charge on any atom is 0.0809 e. The smallest absolute Gasteiger partial charge is 0.0809 e. The normalized spacial score (nSPS) is 18.0. The Morgan fingerprint density at radius 1 is 0.964 bits per heavy atom. The van der Waals surface area contributed by atoms with Crippen molar-refractivity contribution in [1.29, 1.82) is 0 Å². The molecule has 1 unspecified atom stereocenters. The van der Waals surface area contributed by atoms with Crippen LogP contribution in [0, 0.1) is 5.92 Å². The van der Waals surface area contributed by atoms with E-state index in [0.29, 0.717) is 19.1 Å². The van der Waals surface area contributed by atoms with Crippen molar-refractivity contribution in [2.75, 3.05) is 13.2 Å². The van der Waals surface area contributed by atoms with Crippen molar-refractivity contribution in [3.8, 4) is 0 Å². The van der Waals surface area contributed by atoms with Crippen molar-refractivity contribution >= 4 is 13.3 Å². The fraction of sp³-hybridized carbons (Fsp3) is 0.520. The fourth-order valence-corrected chi connectivity index (χ4v) is 7.86. The van der Waals surface area contributed by atoms with Gasteiger partial charge in [-0.25, -0.2) is 0 Å². The maximum atomic E-state index is 11.2. The number of benzene rings is 2. The van der Waals surface area contributed by atoms with Crippen LogP contribution < -0.4 is 5.19 Å². The van der Waals surface area contributed by atoms with Crippen molar-refractivity contribution in [1.82, 2.24) is 0 Å². The second-order valence-corrected chi connectivity index (χ2v) is 14.0. The molecule has 1 fully saturated rings. The van der Waals surface area contributed by atoms with Crippen molar-refractivity contribution in [2.45, 2.75) is 63.3 Å². The molecule has 1 N–H and O–H groups in total. The quantitative estimate of drug-likeness (QED) is 0.592. The van der Waals surface area contributed by atoms with Crippen LogP contribution in [0.2, 0.25) is 19.1 Å². The van der Waals surface area contributed by atoms with Gasteiger partial charge in [0, 0.05) is 13.2 Å². The molecular weight excluding hydrogens is 360 g/mol. The van der Waals surface area contributed by atoms with Gasteiger partial charge in [0.2, 0.25) is 0 Å². The van der Waals surface area contributed by atoms with Gasteiger partial charge in [-0.3, -0.25) is 0 Å². The molecule has 1 aliphatic heterocycles. The Bertz CT molecular complexity index is 693. The third-order valence-electron chi connectivity index (χ3n) is 6.37. The molecule has 3 rings (SSSR count). The van der Waals surface area contributed by atoms with Crippen LogP contribution in [-0.4, -0.2) is 32.0 Å². The first-order chi connectivity index (χ1) is 13.5. The Hall–Kier alpha value is -1.42. The topological polar surface area (TPSA) is 29.5 Å². The van der Waals surface area contributed by atoms with Crippen LogP contribution in [0.25, 0.3) is 0 Å². The lowest BCUT2D eigenvalue weighted by atomic mass is 9.83. The summed E-state index contributed by atoms with van der Waals surface area (Å²) in [5, 5.41) is 12.7. The summed E-state index contributed by atoms with van der Waals surface area (Å²) in [6.45, 7) is 6.38. The van der Waals surface area contributed by atoms with Crippen molar-refractivity contribution in [2.24, 2.45) is 5.92 Å². The minimum atomic E-state index is -1.53. The van der Waals surface area contributed by atoms with Crippen molar-refractivity contribution in [3.63, 3.8) is 0 Å². The molecule has 0 spiro atoms. The standard InChI is InChI=1S/C25H36O2Si/c1-28(2,24-14-7-4-8-15-24)21-23(20-25(26)16-18-27-19-17-25)13-9-12-22-10-5-3-6-11-22/h3-8,10-11,14-15,23,26H,9,12-13,16-21H2,1-2H3. The van der Waals surface area contributed by atoms with E-state index in [1.165, 1.54) is 29.6 Å². The van der Waals surface area contributed by atoms with Crippen LogP contribution in [0.1, 0.15) is 37.7 Å². The molecule has 0 aromatic heterocycles. The van der Waals surface area contributed by atoms with Crippen LogP contribution in [-0.2, 0) is 11.2 Å². The molecule has 1 heterocycles. The first-order valence-corrected chi connectivity index (χ1v) is 14.1. The van der Waals surface area contributed by atoms with Gasteiger partial charge in [-0.2, -0.15) is 0 Å². The molecule has 2 aromatic carbocycles. The van der Waals surface area contributed by atoms with Gasteiger partial charge in [0.25, 0.3) is 0 Å². The second kappa shape index (κ2) is 9.86. The van der Waals surface area contributed by atoms with E-state index in [9.17, 15) is 5.11 Å². The average Bonchev–Trinajstić information content (AvgIpc) is 2.69. The number of aliphatic hydroxyl groups is 1. The first kappa shape index (κ1) is 21.3. The summed E-state index contributed by atoms with van der Waals surface area (Å²) in [7, 11) is -1.53. The average molecular weight is 397 g/mol. The molecule has 0 saturated carbocycles. The maximum absolute atomic E-state index is 11.2. The van der Waals surface area contributed by atoms with E-state index < -0.39 is 13.7 Å². The lowest BCUT2D eigenvalue weighted by Gasteiger charge is -2.37. The Kier molecular flexibility index (Phi) is 7.50. The number of rotatable bonds is 9. The van der Waals surface area contributed by atoms with Crippen LogP contribution in [0.5, 0.6) is 0 Å². The Morgan fingerprint density at radius 2 is 1.57 bits per heavy atom. The summed E-state index contributed by atoms with van der Waals surface area (Å²) in [5.41, 5.74) is 0.891. The highest BCUT2D eigenvalue weighted by molar-refractivity contribution is 6.89. The first-order valence-electron chi connectivity index (χ1n) is 10.9. The van der Waals surface area contributed by atoms with Gasteiger partial charge in [0.05, 0.1) is 13.7 Å². The second-order valence-electron chi connectivity index (χ2n) is 9.24. The van der Waals surface area contributed by atoms with Crippen LogP contribution in [0.15, 0.2) is 60.7 Å². The zero-order valence-corrected chi connectivity index (χ0v) is 18.6. The molecule has 3 heteroatoms. The third kappa shape index (κ3) is 6.30. The lowest BCUT2D eigenvalue weighted by Crippen LogP contribution is -2.45. The molecule has 1 atom stereocenters. The summed E-state index contributed by atoms with van der Waals surface area (Å²) in [6, 6.07) is 23.1. The van der Waals surface area contributed by atoms with Gasteiger partial charge in [0.1, 0.15) is 0 Å². The Balaban J connectivity index is 1.66. The Labute approximate surface area is 172 Å². The van der Waals surface area contributed by atoms with E-state index in [2.05, 4.69) is 73.8 Å². The predicted octanol–water partition coefficient (Wildman–Crippen LogP) is 5.17. The highest BCUT2D eigenvalue weighted by atomic mass is 28.3. The molecule has 0 amide bonds. The van der Waals surface area contributed by atoms with E-state index >= 15 is 0 Å². The van der Waals surface area contributed by atoms with E-state index in [-0.39, 0.29) is 0 Å². The van der Waals surface area contributed by atoms with Gasteiger partial charge < -0.3 is 9.84 Å². The summed E-state index contributed by atoms with van der Waals surface area (Å²) in [6.07, 6.45) is 6.02. The zero-order valence-electron chi connectivity index (χ0n) is 17.6. The highest BCUT2D eigenvalue weighted by Gasteiger charge is 2.35. The number of hydrogen-bond acceptors (Lipinski definition) is 2. The summed E-state index contributed by atoms with van der Waals surface area (Å²) < 4.78 is 5.50. The molecule has 1 saturated heterocycles. The molecule has 2 nitrogen and oxygen atoms in total. The molecule has 0 radical (unpaired) electrons. The summed E-state index contributed by atoms with van der Waals surface area (Å²) in [5.74, 6) is 0.577. The van der Waals surface area contributed by atoms with Crippen LogP contribution in [0.3, 0.4) is 0 Å². The van der Waals surface area contributed by atoms with Gasteiger partial charge >= 0.3 is 0 Å². The Morgan fingerprint density at radius 3 is 2.21 bits per heavy atom. The summed E-state index contributed by atoms with van der Waals surface area (Å²) >= 11 is 0. The third-order valence-corrected chi connectivity index (χ3v) is 9.86.